The lowest BCUT2D eigenvalue weighted by atomic mass is 10.2. The fraction of sp³-hybridized carbons (Fsp3) is 0.158. The molecule has 3 rings (SSSR count). The highest BCUT2D eigenvalue weighted by Crippen LogP contribution is 2.13. The van der Waals surface area contributed by atoms with Crippen molar-refractivity contribution in [3.8, 4) is 11.5 Å². The first kappa shape index (κ1) is 19.4. The fourth-order valence-electron chi connectivity index (χ4n) is 2.27. The van der Waals surface area contributed by atoms with Crippen LogP contribution in [-0.2, 0) is 27.4 Å². The molecule has 1 N–H and O–H groups in total. The average molecular weight is 402 g/mol. The van der Waals surface area contributed by atoms with Gasteiger partial charge in [0.25, 0.3) is 5.91 Å². The molecule has 0 saturated heterocycles. The molecule has 0 spiro atoms. The molecule has 28 heavy (non-hydrogen) atoms. The van der Waals surface area contributed by atoms with E-state index in [2.05, 4.69) is 10.4 Å². The number of hydrogen-bond acceptors (Lipinski definition) is 6. The molecule has 0 fully saturated rings. The summed E-state index contributed by atoms with van der Waals surface area (Å²) >= 11 is 5.79. The van der Waals surface area contributed by atoms with Crippen LogP contribution in [0.4, 0.5) is 0 Å². The van der Waals surface area contributed by atoms with Crippen LogP contribution in [0.2, 0.25) is 5.02 Å². The maximum absolute atomic E-state index is 11.9. The monoisotopic (exact) mass is 401 g/mol. The van der Waals surface area contributed by atoms with Crippen LogP contribution >= 0.6 is 11.6 Å². The Kier molecular flexibility index (Phi) is 6.23. The molecule has 1 aromatic heterocycles. The van der Waals surface area contributed by atoms with Crippen molar-refractivity contribution in [2.45, 2.75) is 13.1 Å². The van der Waals surface area contributed by atoms with Gasteiger partial charge in [-0.2, -0.15) is 4.68 Å². The van der Waals surface area contributed by atoms with Crippen molar-refractivity contribution in [1.82, 2.24) is 15.1 Å². The lowest BCUT2D eigenvalue weighted by Crippen LogP contribution is -2.30. The molecule has 8 nitrogen and oxygen atoms in total. The van der Waals surface area contributed by atoms with Crippen molar-refractivity contribution in [1.29, 1.82) is 0 Å². The largest absolute Gasteiger partial charge is 0.454 e. The second kappa shape index (κ2) is 9.01. The van der Waals surface area contributed by atoms with Crippen LogP contribution in [0.1, 0.15) is 5.56 Å². The SMILES string of the molecule is O=C(COC(=O)Cn1nc(-c2ccccc2)oc1=O)NCc1ccc(Cl)cc1. The molecule has 0 radical (unpaired) electrons. The van der Waals surface area contributed by atoms with E-state index < -0.39 is 30.8 Å². The lowest BCUT2D eigenvalue weighted by Gasteiger charge is -2.06. The number of aromatic nitrogens is 2. The van der Waals surface area contributed by atoms with Gasteiger partial charge >= 0.3 is 11.7 Å². The number of nitrogens with one attached hydrogen (secondary N) is 1. The fourth-order valence-corrected chi connectivity index (χ4v) is 2.40. The number of benzene rings is 2. The van der Waals surface area contributed by atoms with E-state index in [1.807, 2.05) is 6.07 Å². The number of ether oxygens (including phenoxy) is 1. The normalized spacial score (nSPS) is 10.5. The van der Waals surface area contributed by atoms with Crippen LogP contribution in [0, 0.1) is 0 Å². The highest BCUT2D eigenvalue weighted by Gasteiger charge is 2.15. The maximum atomic E-state index is 11.9. The number of amides is 1. The molecule has 1 heterocycles. The molecule has 0 unspecified atom stereocenters. The molecule has 9 heteroatoms. The van der Waals surface area contributed by atoms with E-state index in [1.54, 1.807) is 48.5 Å². The Labute approximate surface area is 164 Å². The zero-order valence-corrected chi connectivity index (χ0v) is 15.4. The molecule has 1 amide bonds. The zero-order chi connectivity index (χ0) is 19.9. The van der Waals surface area contributed by atoms with E-state index in [0.717, 1.165) is 10.2 Å². The van der Waals surface area contributed by atoms with Crippen molar-refractivity contribution < 1.29 is 18.7 Å². The Balaban J connectivity index is 1.48. The minimum atomic E-state index is -0.789. The highest BCUT2D eigenvalue weighted by atomic mass is 35.5. The highest BCUT2D eigenvalue weighted by molar-refractivity contribution is 6.30. The van der Waals surface area contributed by atoms with Gasteiger partial charge in [-0.3, -0.25) is 9.59 Å². The molecule has 0 saturated carbocycles. The van der Waals surface area contributed by atoms with Crippen molar-refractivity contribution >= 4 is 23.5 Å². The molecular formula is C19H16ClN3O5. The van der Waals surface area contributed by atoms with E-state index in [9.17, 15) is 14.4 Å². The van der Waals surface area contributed by atoms with Crippen LogP contribution in [0.25, 0.3) is 11.5 Å². The van der Waals surface area contributed by atoms with Gasteiger partial charge in [-0.05, 0) is 29.8 Å². The number of rotatable bonds is 7. The molecule has 0 aliphatic rings. The first-order valence-electron chi connectivity index (χ1n) is 8.31. The van der Waals surface area contributed by atoms with E-state index in [4.69, 9.17) is 20.8 Å². The van der Waals surface area contributed by atoms with Gasteiger partial charge in [0.05, 0.1) is 0 Å². The van der Waals surface area contributed by atoms with Crippen LogP contribution in [-0.4, -0.2) is 28.3 Å². The van der Waals surface area contributed by atoms with Crippen LogP contribution in [0.3, 0.4) is 0 Å². The Hall–Kier alpha value is -3.39. The number of carbonyl (C=O) groups is 2. The summed E-state index contributed by atoms with van der Waals surface area (Å²) in [6.07, 6.45) is 0. The van der Waals surface area contributed by atoms with E-state index in [-0.39, 0.29) is 12.4 Å². The third-order valence-corrected chi connectivity index (χ3v) is 3.93. The third kappa shape index (κ3) is 5.31. The lowest BCUT2D eigenvalue weighted by molar-refractivity contribution is -0.149. The van der Waals surface area contributed by atoms with Gasteiger partial charge in [0.1, 0.15) is 6.54 Å². The summed E-state index contributed by atoms with van der Waals surface area (Å²) in [4.78, 5) is 35.5. The number of esters is 1. The molecule has 3 aromatic rings. The van der Waals surface area contributed by atoms with E-state index in [1.165, 1.54) is 0 Å². The van der Waals surface area contributed by atoms with Crippen LogP contribution in [0.15, 0.2) is 63.8 Å². The quantitative estimate of drug-likeness (QED) is 0.607. The molecule has 0 aliphatic heterocycles. The van der Waals surface area contributed by atoms with Crippen LogP contribution in [0.5, 0.6) is 0 Å². The number of hydrogen-bond donors (Lipinski definition) is 1. The van der Waals surface area contributed by atoms with Crippen molar-refractivity contribution in [3.05, 3.63) is 75.7 Å². The van der Waals surface area contributed by atoms with Gasteiger partial charge in [0, 0.05) is 17.1 Å². The summed E-state index contributed by atoms with van der Waals surface area (Å²) in [5, 5.41) is 7.17. The number of nitrogens with zero attached hydrogens (tertiary/aromatic N) is 2. The molecule has 0 bridgehead atoms. The predicted molar refractivity (Wildman–Crippen MR) is 100 cm³/mol. The maximum Gasteiger partial charge on any atom is 0.437 e. The Morgan fingerprint density at radius 2 is 1.82 bits per heavy atom. The standard InChI is InChI=1S/C19H16ClN3O5/c20-15-8-6-13(7-9-15)10-21-16(24)12-27-17(25)11-23-19(26)28-18(22-23)14-4-2-1-3-5-14/h1-9H,10-12H2,(H,21,24). The minimum absolute atomic E-state index is 0.0964. The van der Waals surface area contributed by atoms with Gasteiger partial charge in [-0.15, -0.1) is 5.10 Å². The third-order valence-electron chi connectivity index (χ3n) is 3.67. The second-order valence-corrected chi connectivity index (χ2v) is 6.20. The Morgan fingerprint density at radius 1 is 1.11 bits per heavy atom. The Bertz CT molecular complexity index is 1010. The summed E-state index contributed by atoms with van der Waals surface area (Å²) < 4.78 is 10.7. The van der Waals surface area contributed by atoms with Crippen molar-refractivity contribution in [2.24, 2.45) is 0 Å². The van der Waals surface area contributed by atoms with E-state index >= 15 is 0 Å². The summed E-state index contributed by atoms with van der Waals surface area (Å²) in [5.41, 5.74) is 1.46. The van der Waals surface area contributed by atoms with Gasteiger partial charge < -0.3 is 14.5 Å². The predicted octanol–water partition coefficient (Wildman–Crippen LogP) is 2.02. The summed E-state index contributed by atoms with van der Waals surface area (Å²) in [7, 11) is 0. The second-order valence-electron chi connectivity index (χ2n) is 5.76. The van der Waals surface area contributed by atoms with Gasteiger partial charge in [0.15, 0.2) is 6.61 Å². The summed E-state index contributed by atoms with van der Waals surface area (Å²) in [6.45, 7) is -0.652. The molecule has 2 aromatic carbocycles. The topological polar surface area (TPSA) is 103 Å². The van der Waals surface area contributed by atoms with Gasteiger partial charge in [0.2, 0.25) is 5.89 Å². The first-order valence-corrected chi connectivity index (χ1v) is 8.69. The Morgan fingerprint density at radius 3 is 2.54 bits per heavy atom. The van der Waals surface area contributed by atoms with Crippen molar-refractivity contribution in [3.63, 3.8) is 0 Å². The molecule has 0 atom stereocenters. The number of halogens is 1. The molecular weight excluding hydrogens is 386 g/mol. The molecule has 144 valence electrons. The zero-order valence-electron chi connectivity index (χ0n) is 14.6. The summed E-state index contributed by atoms with van der Waals surface area (Å²) in [6, 6.07) is 15.8. The first-order chi connectivity index (χ1) is 13.5. The molecule has 0 aliphatic carbocycles. The van der Waals surface area contributed by atoms with Crippen molar-refractivity contribution in [2.75, 3.05) is 6.61 Å². The minimum Gasteiger partial charge on any atom is -0.454 e. The van der Waals surface area contributed by atoms with Gasteiger partial charge in [-0.1, -0.05) is 41.9 Å². The number of carbonyl (C=O) groups excluding carboxylic acids is 2. The smallest absolute Gasteiger partial charge is 0.437 e. The van der Waals surface area contributed by atoms with Gasteiger partial charge in [-0.25, -0.2) is 4.79 Å². The average Bonchev–Trinajstić information content (AvgIpc) is 3.07. The summed E-state index contributed by atoms with van der Waals surface area (Å²) in [5.74, 6) is -1.94. The van der Waals surface area contributed by atoms with Crippen LogP contribution < -0.4 is 11.1 Å². The van der Waals surface area contributed by atoms with E-state index in [0.29, 0.717) is 10.6 Å².